The Labute approximate surface area is 158 Å². The van der Waals surface area contributed by atoms with Gasteiger partial charge in [0.2, 0.25) is 0 Å². The van der Waals surface area contributed by atoms with Gasteiger partial charge in [0, 0.05) is 12.1 Å². The van der Waals surface area contributed by atoms with Crippen molar-refractivity contribution in [3.05, 3.63) is 0 Å². The summed E-state index contributed by atoms with van der Waals surface area (Å²) in [6.45, 7) is 17.2. The van der Waals surface area contributed by atoms with Crippen LogP contribution >= 0.6 is 0 Å². The summed E-state index contributed by atoms with van der Waals surface area (Å²) < 4.78 is 0. The van der Waals surface area contributed by atoms with Crippen LogP contribution < -0.4 is 5.32 Å². The van der Waals surface area contributed by atoms with E-state index in [4.69, 9.17) is 0 Å². The van der Waals surface area contributed by atoms with Gasteiger partial charge < -0.3 is 15.1 Å². The highest BCUT2D eigenvalue weighted by Gasteiger charge is 2.27. The lowest BCUT2D eigenvalue weighted by molar-refractivity contribution is 0.0849. The largest absolute Gasteiger partial charge is 0.317 e. The molecule has 1 N–H and O–H groups in total. The first-order valence-corrected chi connectivity index (χ1v) is 11.3. The maximum Gasteiger partial charge on any atom is 0.0119 e. The van der Waals surface area contributed by atoms with Gasteiger partial charge in [0.1, 0.15) is 0 Å². The van der Waals surface area contributed by atoms with E-state index in [2.05, 4.69) is 42.9 Å². The molecule has 1 aliphatic carbocycles. The van der Waals surface area contributed by atoms with Gasteiger partial charge in [-0.15, -0.1) is 0 Å². The van der Waals surface area contributed by atoms with Crippen LogP contribution in [0.4, 0.5) is 0 Å². The van der Waals surface area contributed by atoms with E-state index in [1.54, 1.807) is 0 Å². The number of likely N-dealkylation sites (tertiary alicyclic amines) is 1. The zero-order chi connectivity index (χ0) is 18.7. The highest BCUT2D eigenvalue weighted by molar-refractivity contribution is 4.84. The smallest absolute Gasteiger partial charge is 0.0119 e. The molecule has 3 fully saturated rings. The SMILES string of the molecule is CC.CC(C)C1CCC1.CCN1CCC(N(C)C2CCNCC2)CC1. The lowest BCUT2D eigenvalue weighted by atomic mass is 9.78. The van der Waals surface area contributed by atoms with Crippen LogP contribution in [-0.2, 0) is 0 Å². The van der Waals surface area contributed by atoms with E-state index < -0.39 is 0 Å². The second kappa shape index (κ2) is 13.1. The van der Waals surface area contributed by atoms with Crippen molar-refractivity contribution < 1.29 is 0 Å². The fourth-order valence-electron chi connectivity index (χ4n) is 4.26. The molecule has 3 rings (SSSR count). The molecule has 0 atom stereocenters. The van der Waals surface area contributed by atoms with Gasteiger partial charge in [-0.2, -0.15) is 0 Å². The molecule has 0 amide bonds. The zero-order valence-electron chi connectivity index (χ0n) is 18.2. The van der Waals surface area contributed by atoms with Gasteiger partial charge in [0.15, 0.2) is 0 Å². The number of piperidine rings is 2. The molecule has 0 unspecified atom stereocenters. The third-order valence-corrected chi connectivity index (χ3v) is 6.56. The molecule has 3 heteroatoms. The van der Waals surface area contributed by atoms with Crippen molar-refractivity contribution in [3.63, 3.8) is 0 Å². The number of hydrogen-bond acceptors (Lipinski definition) is 3. The Morgan fingerprint density at radius 1 is 0.920 bits per heavy atom. The van der Waals surface area contributed by atoms with Crippen molar-refractivity contribution in [3.8, 4) is 0 Å². The fraction of sp³-hybridized carbons (Fsp3) is 1.00. The Hall–Kier alpha value is -0.120. The summed E-state index contributed by atoms with van der Waals surface area (Å²) in [6, 6.07) is 1.67. The number of nitrogens with one attached hydrogen (secondary N) is 1. The molecule has 0 aromatic heterocycles. The average molecular weight is 354 g/mol. The van der Waals surface area contributed by atoms with Crippen LogP contribution in [0.15, 0.2) is 0 Å². The van der Waals surface area contributed by atoms with Crippen LogP contribution in [0.25, 0.3) is 0 Å². The molecule has 0 aromatic carbocycles. The molecule has 150 valence electrons. The molecule has 0 spiro atoms. The molecular formula is C22H47N3. The van der Waals surface area contributed by atoms with Crippen LogP contribution in [0.1, 0.15) is 79.6 Å². The second-order valence-corrected chi connectivity index (χ2v) is 8.25. The first kappa shape index (κ1) is 22.9. The van der Waals surface area contributed by atoms with E-state index in [1.165, 1.54) is 77.7 Å². The van der Waals surface area contributed by atoms with Crippen molar-refractivity contribution in [2.24, 2.45) is 11.8 Å². The van der Waals surface area contributed by atoms with Crippen molar-refractivity contribution in [1.82, 2.24) is 15.1 Å². The van der Waals surface area contributed by atoms with E-state index in [-0.39, 0.29) is 0 Å². The van der Waals surface area contributed by atoms with Crippen LogP contribution in [0.5, 0.6) is 0 Å². The molecule has 25 heavy (non-hydrogen) atoms. The van der Waals surface area contributed by atoms with Crippen LogP contribution in [0, 0.1) is 11.8 Å². The summed E-state index contributed by atoms with van der Waals surface area (Å²) in [6.07, 6.45) is 9.90. The van der Waals surface area contributed by atoms with Gasteiger partial charge in [-0.05, 0) is 77.3 Å². The summed E-state index contributed by atoms with van der Waals surface area (Å²) in [4.78, 5) is 5.25. The standard InChI is InChI=1S/C13H27N3.C7H14.C2H6/c1-3-16-10-6-13(7-11-16)15(2)12-4-8-14-9-5-12;1-6(2)7-4-3-5-7;1-2/h12-14H,3-11H2,1-2H3;6-7H,3-5H2,1-2H3;1-2H3. The van der Waals surface area contributed by atoms with E-state index in [1.807, 2.05) is 13.8 Å². The first-order valence-electron chi connectivity index (χ1n) is 11.3. The maximum absolute atomic E-state index is 3.45. The number of hydrogen-bond donors (Lipinski definition) is 1. The Morgan fingerprint density at radius 3 is 1.80 bits per heavy atom. The molecule has 0 radical (unpaired) electrons. The predicted octanol–water partition coefficient (Wildman–Crippen LogP) is 4.62. The van der Waals surface area contributed by atoms with E-state index >= 15 is 0 Å². The van der Waals surface area contributed by atoms with Gasteiger partial charge >= 0.3 is 0 Å². The summed E-state index contributed by atoms with van der Waals surface area (Å²) in [5.74, 6) is 2.04. The van der Waals surface area contributed by atoms with E-state index in [9.17, 15) is 0 Å². The van der Waals surface area contributed by atoms with Crippen LogP contribution in [0.3, 0.4) is 0 Å². The molecule has 2 saturated heterocycles. The molecule has 2 aliphatic heterocycles. The van der Waals surface area contributed by atoms with Crippen LogP contribution in [-0.4, -0.2) is 61.7 Å². The fourth-order valence-corrected chi connectivity index (χ4v) is 4.26. The molecule has 0 bridgehead atoms. The minimum absolute atomic E-state index is 0.833. The molecular weight excluding hydrogens is 306 g/mol. The summed E-state index contributed by atoms with van der Waals surface area (Å²) in [7, 11) is 2.35. The lowest BCUT2D eigenvalue weighted by Crippen LogP contribution is -2.49. The molecule has 3 aliphatic rings. The Kier molecular flexibility index (Phi) is 12.0. The second-order valence-electron chi connectivity index (χ2n) is 8.25. The number of nitrogens with zero attached hydrogens (tertiary/aromatic N) is 2. The Bertz CT molecular complexity index is 300. The van der Waals surface area contributed by atoms with Crippen molar-refractivity contribution >= 4 is 0 Å². The minimum Gasteiger partial charge on any atom is -0.317 e. The van der Waals surface area contributed by atoms with E-state index in [0.29, 0.717) is 0 Å². The Balaban J connectivity index is 0.000000290. The van der Waals surface area contributed by atoms with Crippen LogP contribution in [0.2, 0.25) is 0 Å². The van der Waals surface area contributed by atoms with Gasteiger partial charge in [-0.1, -0.05) is 53.9 Å². The lowest BCUT2D eigenvalue weighted by Gasteiger charge is -2.41. The molecule has 3 nitrogen and oxygen atoms in total. The highest BCUT2D eigenvalue weighted by atomic mass is 15.2. The van der Waals surface area contributed by atoms with Gasteiger partial charge in [0.05, 0.1) is 0 Å². The minimum atomic E-state index is 0.833. The topological polar surface area (TPSA) is 18.5 Å². The molecule has 2 heterocycles. The average Bonchev–Trinajstić information content (AvgIpc) is 2.62. The van der Waals surface area contributed by atoms with Gasteiger partial charge in [-0.25, -0.2) is 0 Å². The third kappa shape index (κ3) is 7.97. The zero-order valence-corrected chi connectivity index (χ0v) is 18.2. The summed E-state index contributed by atoms with van der Waals surface area (Å²) >= 11 is 0. The Morgan fingerprint density at radius 2 is 1.44 bits per heavy atom. The number of rotatable bonds is 4. The monoisotopic (exact) mass is 353 g/mol. The van der Waals surface area contributed by atoms with Gasteiger partial charge in [-0.3, -0.25) is 0 Å². The summed E-state index contributed by atoms with van der Waals surface area (Å²) in [5.41, 5.74) is 0. The predicted molar refractivity (Wildman–Crippen MR) is 112 cm³/mol. The normalized spacial score (nSPS) is 23.5. The van der Waals surface area contributed by atoms with Crippen molar-refractivity contribution in [2.75, 3.05) is 39.8 Å². The highest BCUT2D eigenvalue weighted by Crippen LogP contribution is 2.32. The quantitative estimate of drug-likeness (QED) is 0.795. The van der Waals surface area contributed by atoms with E-state index in [0.717, 1.165) is 23.9 Å². The van der Waals surface area contributed by atoms with Gasteiger partial charge in [0.25, 0.3) is 0 Å². The molecule has 0 aromatic rings. The summed E-state index contributed by atoms with van der Waals surface area (Å²) in [5, 5.41) is 3.45. The first-order chi connectivity index (χ1) is 12.1. The van der Waals surface area contributed by atoms with Crippen molar-refractivity contribution in [2.45, 2.75) is 91.6 Å². The third-order valence-electron chi connectivity index (χ3n) is 6.56. The van der Waals surface area contributed by atoms with Crippen molar-refractivity contribution in [1.29, 1.82) is 0 Å². The molecule has 1 saturated carbocycles. The maximum atomic E-state index is 3.45.